The van der Waals surface area contributed by atoms with Gasteiger partial charge in [0.15, 0.2) is 5.82 Å². The molecule has 4 rings (SSSR count). The van der Waals surface area contributed by atoms with E-state index in [1.54, 1.807) is 43.6 Å². The van der Waals surface area contributed by atoms with Gasteiger partial charge >= 0.3 is 6.03 Å². The summed E-state index contributed by atoms with van der Waals surface area (Å²) in [5.74, 6) is 2.30. The molecule has 0 unspecified atom stereocenters. The van der Waals surface area contributed by atoms with Crippen LogP contribution in [0.15, 0.2) is 54.7 Å². The van der Waals surface area contributed by atoms with E-state index in [-0.39, 0.29) is 5.41 Å². The number of rotatable bonds is 5. The highest BCUT2D eigenvalue weighted by atomic mass is 35.5. The number of urea groups is 1. The van der Waals surface area contributed by atoms with Crippen molar-refractivity contribution in [3.05, 3.63) is 65.4 Å². The molecular formula is C24H24ClN5O3. The number of hydrogen-bond acceptors (Lipinski definition) is 5. The number of carbonyl (C=O) groups excluding carboxylic acids is 1. The summed E-state index contributed by atoms with van der Waals surface area (Å²) in [4.78, 5) is 16.7. The zero-order valence-corrected chi connectivity index (χ0v) is 19.4. The Morgan fingerprint density at radius 1 is 1.03 bits per heavy atom. The quantitative estimate of drug-likeness (QED) is 0.318. The van der Waals surface area contributed by atoms with E-state index in [1.807, 2.05) is 18.2 Å². The molecule has 0 spiro atoms. The molecule has 8 nitrogen and oxygen atoms in total. The molecule has 0 saturated carbocycles. The zero-order valence-electron chi connectivity index (χ0n) is 18.7. The van der Waals surface area contributed by atoms with E-state index in [0.717, 1.165) is 16.6 Å². The van der Waals surface area contributed by atoms with Crippen molar-refractivity contribution in [3.8, 4) is 17.2 Å². The number of H-pyrrole nitrogens is 1. The first-order valence-corrected chi connectivity index (χ1v) is 10.6. The van der Waals surface area contributed by atoms with Crippen LogP contribution in [0.4, 0.5) is 16.3 Å². The zero-order chi connectivity index (χ0) is 23.6. The summed E-state index contributed by atoms with van der Waals surface area (Å²) in [7, 11) is 1.61. The highest BCUT2D eigenvalue weighted by Crippen LogP contribution is 2.34. The molecule has 0 radical (unpaired) electrons. The van der Waals surface area contributed by atoms with Crippen molar-refractivity contribution < 1.29 is 14.3 Å². The molecule has 170 valence electrons. The molecule has 0 saturated heterocycles. The molecular weight excluding hydrogens is 442 g/mol. The fourth-order valence-corrected chi connectivity index (χ4v) is 3.36. The Morgan fingerprint density at radius 3 is 2.52 bits per heavy atom. The van der Waals surface area contributed by atoms with Gasteiger partial charge in [-0.25, -0.2) is 4.79 Å². The van der Waals surface area contributed by atoms with Crippen molar-refractivity contribution in [2.45, 2.75) is 26.2 Å². The number of aromatic nitrogens is 3. The first-order valence-electron chi connectivity index (χ1n) is 10.3. The van der Waals surface area contributed by atoms with E-state index < -0.39 is 6.03 Å². The average molecular weight is 466 g/mol. The van der Waals surface area contributed by atoms with Crippen LogP contribution in [0.25, 0.3) is 10.9 Å². The van der Waals surface area contributed by atoms with E-state index in [2.05, 4.69) is 46.6 Å². The standard InChI is InChI=1S/C24H24ClN5O3/c1-24(2,3)21-13-22(30-29-21)28-23(31)27-18-8-6-15(11-17(18)25)33-20-9-10-26-19-12-14(32-4)5-7-16(19)20/h5-13H,1-4H3,(H3,27,28,29,30,31). The van der Waals surface area contributed by atoms with Gasteiger partial charge in [0, 0.05) is 40.9 Å². The van der Waals surface area contributed by atoms with Gasteiger partial charge in [0.1, 0.15) is 17.2 Å². The van der Waals surface area contributed by atoms with Gasteiger partial charge in [-0.05, 0) is 30.3 Å². The second-order valence-electron chi connectivity index (χ2n) is 8.43. The van der Waals surface area contributed by atoms with E-state index >= 15 is 0 Å². The number of pyridine rings is 1. The highest BCUT2D eigenvalue weighted by Gasteiger charge is 2.17. The van der Waals surface area contributed by atoms with Crippen LogP contribution in [0.1, 0.15) is 26.5 Å². The van der Waals surface area contributed by atoms with Crippen molar-refractivity contribution in [1.82, 2.24) is 15.2 Å². The van der Waals surface area contributed by atoms with Gasteiger partial charge < -0.3 is 14.8 Å². The number of aromatic amines is 1. The number of halogens is 1. The third kappa shape index (κ3) is 5.18. The molecule has 3 N–H and O–H groups in total. The van der Waals surface area contributed by atoms with Crippen LogP contribution in [0.3, 0.4) is 0 Å². The molecule has 33 heavy (non-hydrogen) atoms. The summed E-state index contributed by atoms with van der Waals surface area (Å²) in [5, 5.41) is 13.6. The summed E-state index contributed by atoms with van der Waals surface area (Å²) in [6.45, 7) is 6.16. The number of fused-ring (bicyclic) bond motifs is 1. The third-order valence-corrected chi connectivity index (χ3v) is 5.27. The van der Waals surface area contributed by atoms with Crippen LogP contribution in [0, 0.1) is 0 Å². The van der Waals surface area contributed by atoms with Crippen LogP contribution in [-0.4, -0.2) is 28.3 Å². The van der Waals surface area contributed by atoms with Gasteiger partial charge in [0.05, 0.1) is 23.3 Å². The molecule has 2 amide bonds. The maximum Gasteiger partial charge on any atom is 0.324 e. The third-order valence-electron chi connectivity index (χ3n) is 4.95. The number of ether oxygens (including phenoxy) is 2. The summed E-state index contributed by atoms with van der Waals surface area (Å²) < 4.78 is 11.3. The van der Waals surface area contributed by atoms with Gasteiger partial charge in [-0.1, -0.05) is 32.4 Å². The van der Waals surface area contributed by atoms with Crippen LogP contribution in [0.2, 0.25) is 5.02 Å². The van der Waals surface area contributed by atoms with Crippen molar-refractivity contribution in [3.63, 3.8) is 0 Å². The molecule has 0 fully saturated rings. The number of carbonyl (C=O) groups is 1. The van der Waals surface area contributed by atoms with Crippen LogP contribution in [0.5, 0.6) is 17.2 Å². The van der Waals surface area contributed by atoms with Gasteiger partial charge in [0.25, 0.3) is 0 Å². The van der Waals surface area contributed by atoms with Gasteiger partial charge in [-0.2, -0.15) is 5.10 Å². The Labute approximate surface area is 196 Å². The SMILES string of the molecule is COc1ccc2c(Oc3ccc(NC(=O)Nc4cc(C(C)(C)C)[nH]n4)c(Cl)c3)ccnc2c1. The normalized spacial score (nSPS) is 11.3. The Hall–Kier alpha value is -3.78. The second kappa shape index (κ2) is 8.99. The number of nitrogens with one attached hydrogen (secondary N) is 3. The van der Waals surface area contributed by atoms with Crippen LogP contribution in [-0.2, 0) is 5.41 Å². The molecule has 0 aliphatic rings. The minimum absolute atomic E-state index is 0.102. The summed E-state index contributed by atoms with van der Waals surface area (Å²) in [5.41, 5.74) is 2.01. The lowest BCUT2D eigenvalue weighted by molar-refractivity contribution is 0.262. The topological polar surface area (TPSA) is 101 Å². The molecule has 0 bridgehead atoms. The molecule has 2 heterocycles. The fraction of sp³-hybridized carbons (Fsp3) is 0.208. The second-order valence-corrected chi connectivity index (χ2v) is 8.84. The number of benzene rings is 2. The first kappa shape index (κ1) is 22.4. The van der Waals surface area contributed by atoms with Gasteiger partial charge in [-0.15, -0.1) is 0 Å². The van der Waals surface area contributed by atoms with E-state index in [0.29, 0.717) is 33.8 Å². The van der Waals surface area contributed by atoms with Crippen molar-refractivity contribution in [2.24, 2.45) is 0 Å². The van der Waals surface area contributed by atoms with E-state index in [1.165, 1.54) is 0 Å². The Bertz CT molecular complexity index is 1310. The summed E-state index contributed by atoms with van der Waals surface area (Å²) in [6, 6.07) is 13.7. The van der Waals surface area contributed by atoms with Crippen LogP contribution < -0.4 is 20.1 Å². The number of amides is 2. The highest BCUT2D eigenvalue weighted by molar-refractivity contribution is 6.34. The number of hydrogen-bond donors (Lipinski definition) is 3. The Balaban J connectivity index is 1.46. The molecule has 2 aromatic carbocycles. The summed E-state index contributed by atoms with van der Waals surface area (Å²) in [6.07, 6.45) is 1.67. The van der Waals surface area contributed by atoms with Gasteiger partial charge in [0.2, 0.25) is 0 Å². The molecule has 0 atom stereocenters. The molecule has 0 aliphatic heterocycles. The lowest BCUT2D eigenvalue weighted by Crippen LogP contribution is -2.19. The predicted octanol–water partition coefficient (Wildman–Crippen LogP) is 6.35. The minimum atomic E-state index is -0.452. The molecule has 2 aromatic heterocycles. The van der Waals surface area contributed by atoms with Crippen LogP contribution >= 0.6 is 11.6 Å². The maximum atomic E-state index is 12.4. The Kier molecular flexibility index (Phi) is 6.11. The number of anilines is 2. The van der Waals surface area contributed by atoms with E-state index in [9.17, 15) is 4.79 Å². The lowest BCUT2D eigenvalue weighted by atomic mass is 9.92. The van der Waals surface area contributed by atoms with Gasteiger partial charge in [-0.3, -0.25) is 15.4 Å². The van der Waals surface area contributed by atoms with Crippen molar-refractivity contribution in [2.75, 3.05) is 17.7 Å². The number of nitrogens with zero attached hydrogens (tertiary/aromatic N) is 2. The summed E-state index contributed by atoms with van der Waals surface area (Å²) >= 11 is 6.39. The smallest absolute Gasteiger partial charge is 0.324 e. The Morgan fingerprint density at radius 2 is 1.82 bits per heavy atom. The maximum absolute atomic E-state index is 12.4. The van der Waals surface area contributed by atoms with Crippen molar-refractivity contribution >= 4 is 40.0 Å². The van der Waals surface area contributed by atoms with E-state index in [4.69, 9.17) is 21.1 Å². The monoisotopic (exact) mass is 465 g/mol. The minimum Gasteiger partial charge on any atom is -0.497 e. The fourth-order valence-electron chi connectivity index (χ4n) is 3.15. The predicted molar refractivity (Wildman–Crippen MR) is 130 cm³/mol. The largest absolute Gasteiger partial charge is 0.497 e. The molecule has 9 heteroatoms. The first-order chi connectivity index (χ1) is 15.7. The lowest BCUT2D eigenvalue weighted by Gasteiger charge is -2.14. The number of methoxy groups -OCH3 is 1. The molecule has 0 aliphatic carbocycles. The van der Waals surface area contributed by atoms with Crippen molar-refractivity contribution in [1.29, 1.82) is 0 Å². The average Bonchev–Trinajstić information content (AvgIpc) is 3.24. The molecule has 4 aromatic rings.